The summed E-state index contributed by atoms with van der Waals surface area (Å²) >= 11 is 8.45. The van der Waals surface area contributed by atoms with E-state index in [1.807, 2.05) is 13.0 Å². The van der Waals surface area contributed by atoms with E-state index in [4.69, 9.17) is 0 Å². The standard InChI is InChI=1S/C6H9NS2/c1-6(9)3-2-4-7-5-8/h3,9H,2,4H2,1H3. The Morgan fingerprint density at radius 2 is 2.56 bits per heavy atom. The van der Waals surface area contributed by atoms with Crippen molar-refractivity contribution in [3.05, 3.63) is 11.0 Å². The van der Waals surface area contributed by atoms with Crippen molar-refractivity contribution in [2.75, 3.05) is 6.54 Å². The lowest BCUT2D eigenvalue weighted by Gasteiger charge is -1.85. The molecule has 0 heterocycles. The average Bonchev–Trinajstić information content (AvgIpc) is 1.80. The van der Waals surface area contributed by atoms with E-state index in [0.29, 0.717) is 0 Å². The van der Waals surface area contributed by atoms with Crippen LogP contribution in [0.4, 0.5) is 0 Å². The summed E-state index contributed by atoms with van der Waals surface area (Å²) in [5.74, 6) is 0. The maximum absolute atomic E-state index is 4.37. The number of thiol groups is 1. The van der Waals surface area contributed by atoms with Gasteiger partial charge in [0.05, 0.1) is 11.7 Å². The number of hydrogen-bond donors (Lipinski definition) is 1. The molecule has 0 unspecified atom stereocenters. The molecule has 0 amide bonds. The fraction of sp³-hybridized carbons (Fsp3) is 0.500. The number of aliphatic imine (C=N–C) groups is 1. The second-order valence-electron chi connectivity index (χ2n) is 1.61. The van der Waals surface area contributed by atoms with E-state index in [2.05, 4.69) is 35.0 Å². The van der Waals surface area contributed by atoms with Crippen LogP contribution in [0.5, 0.6) is 0 Å². The lowest BCUT2D eigenvalue weighted by molar-refractivity contribution is 1.01. The lowest BCUT2D eigenvalue weighted by Crippen LogP contribution is -1.74. The fourth-order valence-electron chi connectivity index (χ4n) is 0.384. The molecule has 0 N–H and O–H groups in total. The maximum atomic E-state index is 4.37. The Hall–Kier alpha value is -0.110. The highest BCUT2D eigenvalue weighted by atomic mass is 32.1. The van der Waals surface area contributed by atoms with Crippen molar-refractivity contribution in [3.8, 4) is 0 Å². The van der Waals surface area contributed by atoms with E-state index in [9.17, 15) is 0 Å². The van der Waals surface area contributed by atoms with Crippen LogP contribution in [-0.2, 0) is 0 Å². The minimum absolute atomic E-state index is 0.724. The van der Waals surface area contributed by atoms with Crippen molar-refractivity contribution >= 4 is 30.0 Å². The van der Waals surface area contributed by atoms with Gasteiger partial charge in [0, 0.05) is 0 Å². The second kappa shape index (κ2) is 6.02. The topological polar surface area (TPSA) is 12.4 Å². The van der Waals surface area contributed by atoms with Gasteiger partial charge in [0.2, 0.25) is 0 Å². The van der Waals surface area contributed by atoms with Gasteiger partial charge in [-0.3, -0.25) is 0 Å². The Balaban J connectivity index is 3.30. The molecular weight excluding hydrogens is 150 g/mol. The smallest absolute Gasteiger partial charge is 0.0585 e. The van der Waals surface area contributed by atoms with E-state index < -0.39 is 0 Å². The number of isothiocyanates is 1. The SMILES string of the molecule is CC(S)=CCCN=C=S. The molecule has 9 heavy (non-hydrogen) atoms. The zero-order chi connectivity index (χ0) is 7.11. The highest BCUT2D eigenvalue weighted by Gasteiger charge is 1.77. The number of rotatable bonds is 3. The van der Waals surface area contributed by atoms with E-state index >= 15 is 0 Å². The Morgan fingerprint density at radius 3 is 3.00 bits per heavy atom. The van der Waals surface area contributed by atoms with Gasteiger partial charge in [0.1, 0.15) is 0 Å². The van der Waals surface area contributed by atoms with Crippen molar-refractivity contribution in [1.82, 2.24) is 0 Å². The zero-order valence-corrected chi connectivity index (χ0v) is 7.01. The molecule has 0 radical (unpaired) electrons. The third-order valence-corrected chi connectivity index (χ3v) is 1.06. The Morgan fingerprint density at radius 1 is 1.89 bits per heavy atom. The van der Waals surface area contributed by atoms with Crippen LogP contribution >= 0.6 is 24.8 Å². The molecule has 0 spiro atoms. The van der Waals surface area contributed by atoms with E-state index in [-0.39, 0.29) is 0 Å². The van der Waals surface area contributed by atoms with Crippen LogP contribution in [0.25, 0.3) is 0 Å². The van der Waals surface area contributed by atoms with Gasteiger partial charge in [-0.1, -0.05) is 6.08 Å². The highest BCUT2D eigenvalue weighted by Crippen LogP contribution is 1.98. The molecule has 0 saturated carbocycles. The van der Waals surface area contributed by atoms with Crippen molar-refractivity contribution in [2.24, 2.45) is 4.99 Å². The Kier molecular flexibility index (Phi) is 5.94. The van der Waals surface area contributed by atoms with Gasteiger partial charge in [-0.15, -0.1) is 12.6 Å². The van der Waals surface area contributed by atoms with Crippen LogP contribution in [0.2, 0.25) is 0 Å². The molecule has 0 rings (SSSR count). The monoisotopic (exact) mass is 159 g/mol. The lowest BCUT2D eigenvalue weighted by atomic mass is 10.4. The van der Waals surface area contributed by atoms with E-state index in [0.717, 1.165) is 17.9 Å². The van der Waals surface area contributed by atoms with Crippen molar-refractivity contribution in [3.63, 3.8) is 0 Å². The van der Waals surface area contributed by atoms with Crippen molar-refractivity contribution in [2.45, 2.75) is 13.3 Å². The number of hydrogen-bond acceptors (Lipinski definition) is 3. The molecular formula is C6H9NS2. The van der Waals surface area contributed by atoms with Crippen LogP contribution in [0, 0.1) is 0 Å². The summed E-state index contributed by atoms with van der Waals surface area (Å²) in [7, 11) is 0. The maximum Gasteiger partial charge on any atom is 0.0585 e. The average molecular weight is 159 g/mol. The van der Waals surface area contributed by atoms with Crippen molar-refractivity contribution in [1.29, 1.82) is 0 Å². The molecule has 0 aromatic rings. The summed E-state index contributed by atoms with van der Waals surface area (Å²) in [5, 5.41) is 2.30. The molecule has 0 aliphatic carbocycles. The van der Waals surface area contributed by atoms with Gasteiger partial charge >= 0.3 is 0 Å². The fourth-order valence-corrected chi connectivity index (χ4v) is 0.604. The third-order valence-electron chi connectivity index (χ3n) is 0.745. The van der Waals surface area contributed by atoms with Crippen LogP contribution < -0.4 is 0 Å². The molecule has 0 saturated heterocycles. The minimum atomic E-state index is 0.724. The third kappa shape index (κ3) is 7.89. The van der Waals surface area contributed by atoms with Gasteiger partial charge < -0.3 is 0 Å². The van der Waals surface area contributed by atoms with Gasteiger partial charge in [-0.2, -0.15) is 0 Å². The molecule has 0 bridgehead atoms. The van der Waals surface area contributed by atoms with Gasteiger partial charge in [0.15, 0.2) is 0 Å². The molecule has 0 aromatic carbocycles. The number of allylic oxidation sites excluding steroid dienone is 1. The van der Waals surface area contributed by atoms with Gasteiger partial charge in [-0.05, 0) is 30.5 Å². The summed E-state index contributed by atoms with van der Waals surface area (Å²) in [6.07, 6.45) is 2.90. The van der Waals surface area contributed by atoms with Crippen LogP contribution in [0.15, 0.2) is 16.0 Å². The molecule has 0 fully saturated rings. The molecule has 0 aromatic heterocycles. The van der Waals surface area contributed by atoms with E-state index in [1.54, 1.807) is 0 Å². The first-order valence-electron chi connectivity index (χ1n) is 2.66. The largest absolute Gasteiger partial charge is 0.232 e. The van der Waals surface area contributed by atoms with Crippen LogP contribution in [-0.4, -0.2) is 11.7 Å². The first-order valence-corrected chi connectivity index (χ1v) is 3.52. The molecule has 0 aliphatic heterocycles. The van der Waals surface area contributed by atoms with Crippen LogP contribution in [0.3, 0.4) is 0 Å². The van der Waals surface area contributed by atoms with Gasteiger partial charge in [0.25, 0.3) is 0 Å². The minimum Gasteiger partial charge on any atom is -0.232 e. The second-order valence-corrected chi connectivity index (χ2v) is 2.50. The zero-order valence-electron chi connectivity index (χ0n) is 5.29. The summed E-state index contributed by atoms with van der Waals surface area (Å²) < 4.78 is 0. The molecule has 3 heteroatoms. The first-order chi connectivity index (χ1) is 4.27. The summed E-state index contributed by atoms with van der Waals surface area (Å²) in [4.78, 5) is 4.75. The van der Waals surface area contributed by atoms with Crippen molar-refractivity contribution < 1.29 is 0 Å². The summed E-state index contributed by atoms with van der Waals surface area (Å²) in [5.41, 5.74) is 0. The Labute approximate surface area is 66.3 Å². The van der Waals surface area contributed by atoms with Crippen LogP contribution in [0.1, 0.15) is 13.3 Å². The normalized spacial score (nSPS) is 10.7. The predicted octanol–water partition coefficient (Wildman–Crippen LogP) is 2.31. The molecule has 0 aliphatic rings. The molecule has 50 valence electrons. The summed E-state index contributed by atoms with van der Waals surface area (Å²) in [6.45, 7) is 2.66. The quantitative estimate of drug-likeness (QED) is 0.288. The number of nitrogens with zero attached hydrogens (tertiary/aromatic N) is 1. The first kappa shape index (κ1) is 8.89. The highest BCUT2D eigenvalue weighted by molar-refractivity contribution is 7.84. The predicted molar refractivity (Wildman–Crippen MR) is 47.3 cm³/mol. The number of thiocarbonyl (C=S) groups is 1. The molecule has 0 atom stereocenters. The Bertz CT molecular complexity index is 141. The molecule has 1 nitrogen and oxygen atoms in total. The summed E-state index contributed by atoms with van der Waals surface area (Å²) in [6, 6.07) is 0. The van der Waals surface area contributed by atoms with Gasteiger partial charge in [-0.25, -0.2) is 4.99 Å². The van der Waals surface area contributed by atoms with E-state index in [1.165, 1.54) is 0 Å².